The maximum absolute atomic E-state index is 13.9. The summed E-state index contributed by atoms with van der Waals surface area (Å²) in [6.07, 6.45) is 0.889. The summed E-state index contributed by atoms with van der Waals surface area (Å²) in [4.78, 5) is 27.8. The summed E-state index contributed by atoms with van der Waals surface area (Å²) >= 11 is 5.71. The number of hydrogen-bond acceptors (Lipinski definition) is 3. The van der Waals surface area contributed by atoms with Gasteiger partial charge in [-0.2, -0.15) is 0 Å². The van der Waals surface area contributed by atoms with Gasteiger partial charge in [-0.25, -0.2) is 9.18 Å². The molecular formula is C17H24ClFN4O2. The average molecular weight is 371 g/mol. The summed E-state index contributed by atoms with van der Waals surface area (Å²) in [7, 11) is 0. The molecule has 1 aliphatic heterocycles. The van der Waals surface area contributed by atoms with Gasteiger partial charge in [0.25, 0.3) is 0 Å². The molecule has 0 aromatic heterocycles. The number of anilines is 1. The summed E-state index contributed by atoms with van der Waals surface area (Å²) in [5.41, 5.74) is 0.0628. The lowest BCUT2D eigenvalue weighted by molar-refractivity contribution is -0.123. The Hall–Kier alpha value is -1.86. The number of amides is 3. The SMILES string of the molecule is CC[C@@H](C)NC(=O)CN1CCN(C(=O)Nc2cccc(Cl)c2F)CC1. The molecule has 0 saturated carbocycles. The molecule has 2 N–H and O–H groups in total. The summed E-state index contributed by atoms with van der Waals surface area (Å²) in [5.74, 6) is -0.647. The molecule has 3 amide bonds. The number of nitrogens with one attached hydrogen (secondary N) is 2. The Balaban J connectivity index is 1.80. The zero-order chi connectivity index (χ0) is 18.4. The van der Waals surface area contributed by atoms with Crippen molar-refractivity contribution in [2.24, 2.45) is 0 Å². The average Bonchev–Trinajstić information content (AvgIpc) is 2.59. The molecule has 0 radical (unpaired) electrons. The molecule has 0 bridgehead atoms. The molecule has 138 valence electrons. The number of nitrogens with zero attached hydrogens (tertiary/aromatic N) is 2. The molecule has 1 aromatic carbocycles. The third-order valence-corrected chi connectivity index (χ3v) is 4.53. The minimum absolute atomic E-state index is 0.00625. The molecule has 0 unspecified atom stereocenters. The van der Waals surface area contributed by atoms with Gasteiger partial charge in [0.05, 0.1) is 17.3 Å². The summed E-state index contributed by atoms with van der Waals surface area (Å²) in [6.45, 7) is 6.46. The highest BCUT2D eigenvalue weighted by atomic mass is 35.5. The maximum atomic E-state index is 13.9. The van der Waals surface area contributed by atoms with Gasteiger partial charge in [0.15, 0.2) is 5.82 Å². The molecule has 1 heterocycles. The van der Waals surface area contributed by atoms with E-state index in [1.807, 2.05) is 18.7 Å². The van der Waals surface area contributed by atoms with Crippen LogP contribution in [0.4, 0.5) is 14.9 Å². The minimum atomic E-state index is -0.641. The lowest BCUT2D eigenvalue weighted by Gasteiger charge is -2.34. The van der Waals surface area contributed by atoms with Crippen LogP contribution in [0.15, 0.2) is 18.2 Å². The van der Waals surface area contributed by atoms with E-state index in [9.17, 15) is 14.0 Å². The van der Waals surface area contributed by atoms with E-state index in [2.05, 4.69) is 10.6 Å². The van der Waals surface area contributed by atoms with Crippen LogP contribution in [0.3, 0.4) is 0 Å². The number of rotatable bonds is 5. The smallest absolute Gasteiger partial charge is 0.322 e. The summed E-state index contributed by atoms with van der Waals surface area (Å²) in [6, 6.07) is 4.26. The van der Waals surface area contributed by atoms with Gasteiger partial charge in [-0.05, 0) is 25.5 Å². The number of urea groups is 1. The molecular weight excluding hydrogens is 347 g/mol. The fraction of sp³-hybridized carbons (Fsp3) is 0.529. The molecule has 2 rings (SSSR count). The van der Waals surface area contributed by atoms with Crippen LogP contribution < -0.4 is 10.6 Å². The predicted octanol–water partition coefficient (Wildman–Crippen LogP) is 2.54. The number of carbonyl (C=O) groups is 2. The topological polar surface area (TPSA) is 64.7 Å². The van der Waals surface area contributed by atoms with E-state index < -0.39 is 5.82 Å². The highest BCUT2D eigenvalue weighted by Crippen LogP contribution is 2.22. The first kappa shape index (κ1) is 19.5. The number of hydrogen-bond donors (Lipinski definition) is 2. The Morgan fingerprint density at radius 1 is 1.28 bits per heavy atom. The van der Waals surface area contributed by atoms with Crippen LogP contribution in [0, 0.1) is 5.82 Å². The molecule has 6 nitrogen and oxygen atoms in total. The van der Waals surface area contributed by atoms with E-state index in [1.54, 1.807) is 11.0 Å². The third-order valence-electron chi connectivity index (χ3n) is 4.24. The third kappa shape index (κ3) is 5.57. The van der Waals surface area contributed by atoms with Gasteiger partial charge >= 0.3 is 6.03 Å². The molecule has 0 aliphatic carbocycles. The van der Waals surface area contributed by atoms with E-state index in [1.165, 1.54) is 12.1 Å². The monoisotopic (exact) mass is 370 g/mol. The lowest BCUT2D eigenvalue weighted by atomic mass is 10.2. The number of piperazine rings is 1. The zero-order valence-corrected chi connectivity index (χ0v) is 15.3. The van der Waals surface area contributed by atoms with Gasteiger partial charge in [-0.15, -0.1) is 0 Å². The molecule has 25 heavy (non-hydrogen) atoms. The molecule has 1 fully saturated rings. The van der Waals surface area contributed by atoms with Crippen molar-refractivity contribution in [1.82, 2.24) is 15.1 Å². The second kappa shape index (κ2) is 9.01. The standard InChI is InChI=1S/C17H24ClFN4O2/c1-3-12(2)20-15(24)11-22-7-9-23(10-8-22)17(25)21-14-6-4-5-13(18)16(14)19/h4-6,12H,3,7-11H2,1-2H3,(H,20,24)(H,21,25)/t12-/m1/s1. The lowest BCUT2D eigenvalue weighted by Crippen LogP contribution is -2.52. The van der Waals surface area contributed by atoms with Gasteiger partial charge in [0, 0.05) is 32.2 Å². The van der Waals surface area contributed by atoms with Gasteiger partial charge < -0.3 is 15.5 Å². The second-order valence-electron chi connectivity index (χ2n) is 6.17. The Labute approximate surface area is 152 Å². The quantitative estimate of drug-likeness (QED) is 0.837. The van der Waals surface area contributed by atoms with Gasteiger partial charge in [0.2, 0.25) is 5.91 Å². The van der Waals surface area contributed by atoms with Crippen molar-refractivity contribution in [3.05, 3.63) is 29.0 Å². The number of halogens is 2. The first-order chi connectivity index (χ1) is 11.9. The van der Waals surface area contributed by atoms with Gasteiger partial charge in [-0.3, -0.25) is 9.69 Å². The van der Waals surface area contributed by atoms with Crippen molar-refractivity contribution in [3.63, 3.8) is 0 Å². The first-order valence-corrected chi connectivity index (χ1v) is 8.80. The Bertz CT molecular complexity index is 621. The number of benzene rings is 1. The first-order valence-electron chi connectivity index (χ1n) is 8.42. The molecule has 0 spiro atoms. The van der Waals surface area contributed by atoms with Crippen LogP contribution in [0.2, 0.25) is 5.02 Å². The van der Waals surface area contributed by atoms with Crippen LogP contribution in [-0.4, -0.2) is 60.5 Å². The Kier molecular flexibility index (Phi) is 7.01. The van der Waals surface area contributed by atoms with Crippen molar-refractivity contribution in [1.29, 1.82) is 0 Å². The Morgan fingerprint density at radius 2 is 1.96 bits per heavy atom. The van der Waals surface area contributed by atoms with E-state index in [0.717, 1.165) is 6.42 Å². The summed E-state index contributed by atoms with van der Waals surface area (Å²) < 4.78 is 13.9. The zero-order valence-electron chi connectivity index (χ0n) is 14.5. The molecule has 1 atom stereocenters. The highest BCUT2D eigenvalue weighted by Gasteiger charge is 2.23. The van der Waals surface area contributed by atoms with Crippen molar-refractivity contribution in [2.75, 3.05) is 38.0 Å². The maximum Gasteiger partial charge on any atom is 0.322 e. The predicted molar refractivity (Wildman–Crippen MR) is 96.3 cm³/mol. The van der Waals surface area contributed by atoms with E-state index in [4.69, 9.17) is 11.6 Å². The van der Waals surface area contributed by atoms with Crippen molar-refractivity contribution >= 4 is 29.2 Å². The fourth-order valence-corrected chi connectivity index (χ4v) is 2.70. The normalized spacial score (nSPS) is 16.4. The van der Waals surface area contributed by atoms with Crippen molar-refractivity contribution < 1.29 is 14.0 Å². The number of carbonyl (C=O) groups excluding carboxylic acids is 2. The highest BCUT2D eigenvalue weighted by molar-refractivity contribution is 6.31. The minimum Gasteiger partial charge on any atom is -0.353 e. The van der Waals surface area contributed by atoms with Crippen LogP contribution >= 0.6 is 11.6 Å². The fourth-order valence-electron chi connectivity index (χ4n) is 2.53. The largest absolute Gasteiger partial charge is 0.353 e. The van der Waals surface area contributed by atoms with Crippen molar-refractivity contribution in [2.45, 2.75) is 26.3 Å². The van der Waals surface area contributed by atoms with E-state index >= 15 is 0 Å². The van der Waals surface area contributed by atoms with E-state index in [0.29, 0.717) is 32.7 Å². The van der Waals surface area contributed by atoms with Gasteiger partial charge in [0.1, 0.15) is 0 Å². The molecule has 8 heteroatoms. The molecule has 1 aliphatic rings. The van der Waals surface area contributed by atoms with Crippen molar-refractivity contribution in [3.8, 4) is 0 Å². The Morgan fingerprint density at radius 3 is 2.60 bits per heavy atom. The second-order valence-corrected chi connectivity index (χ2v) is 6.58. The van der Waals surface area contributed by atoms with E-state index in [-0.39, 0.29) is 28.7 Å². The van der Waals surface area contributed by atoms with Crippen LogP contribution in [0.1, 0.15) is 20.3 Å². The van der Waals surface area contributed by atoms with Crippen LogP contribution in [0.5, 0.6) is 0 Å². The molecule has 1 aromatic rings. The van der Waals surface area contributed by atoms with Crippen LogP contribution in [0.25, 0.3) is 0 Å². The summed E-state index contributed by atoms with van der Waals surface area (Å²) in [5, 5.41) is 5.43. The van der Waals surface area contributed by atoms with Crippen LogP contribution in [-0.2, 0) is 4.79 Å². The molecule has 1 saturated heterocycles. The van der Waals surface area contributed by atoms with Gasteiger partial charge in [-0.1, -0.05) is 24.6 Å².